The van der Waals surface area contributed by atoms with Crippen molar-refractivity contribution in [3.05, 3.63) is 29.1 Å². The van der Waals surface area contributed by atoms with Crippen LogP contribution in [0.3, 0.4) is 0 Å². The van der Waals surface area contributed by atoms with Crippen molar-refractivity contribution in [1.29, 1.82) is 5.39 Å². The van der Waals surface area contributed by atoms with E-state index in [-0.39, 0.29) is 13.2 Å². The molecular formula is C15H21N2O7+. The largest absolute Gasteiger partial charge is 0.508 e. The van der Waals surface area contributed by atoms with Crippen LogP contribution in [0.4, 0.5) is 0 Å². The van der Waals surface area contributed by atoms with Crippen LogP contribution in [0.1, 0.15) is 20.8 Å². The van der Waals surface area contributed by atoms with Gasteiger partial charge in [0.15, 0.2) is 23.2 Å². The number of carbonyl (C=O) groups is 1. The fourth-order valence-corrected chi connectivity index (χ4v) is 2.59. The summed E-state index contributed by atoms with van der Waals surface area (Å²) in [5, 5.41) is 19.4. The van der Waals surface area contributed by atoms with Crippen molar-refractivity contribution >= 4 is 5.97 Å². The highest BCUT2D eigenvalue weighted by molar-refractivity contribution is 5.90. The fourth-order valence-electron chi connectivity index (χ4n) is 2.59. The van der Waals surface area contributed by atoms with Crippen molar-refractivity contribution in [2.24, 2.45) is 0 Å². The van der Waals surface area contributed by atoms with Crippen molar-refractivity contribution in [2.75, 3.05) is 13.2 Å². The third-order valence-corrected chi connectivity index (χ3v) is 3.48. The molecule has 0 aromatic carbocycles. The molecule has 0 aliphatic carbocycles. The summed E-state index contributed by atoms with van der Waals surface area (Å²) in [7, 11) is 0. The number of rotatable bonds is 6. The van der Waals surface area contributed by atoms with Gasteiger partial charge in [0.25, 0.3) is 0 Å². The Hall–Kier alpha value is -1.99. The molecular weight excluding hydrogens is 320 g/mol. The molecule has 0 bridgehead atoms. The zero-order chi connectivity index (χ0) is 17.9. The van der Waals surface area contributed by atoms with E-state index in [4.69, 9.17) is 29.1 Å². The Morgan fingerprint density at radius 2 is 2.17 bits per heavy atom. The number of aliphatic hydroxyl groups is 1. The third kappa shape index (κ3) is 3.57. The monoisotopic (exact) mass is 341 g/mol. The first kappa shape index (κ1) is 18.4. The summed E-state index contributed by atoms with van der Waals surface area (Å²) in [6.45, 7) is 8.80. The molecule has 1 N–H and O–H groups in total. The minimum absolute atomic E-state index is 0.0543. The summed E-state index contributed by atoms with van der Waals surface area (Å²) in [6.07, 6.45) is -1.82. The van der Waals surface area contributed by atoms with E-state index < -0.39 is 47.8 Å². The molecule has 4 atom stereocenters. The van der Waals surface area contributed by atoms with Gasteiger partial charge in [-0.2, -0.15) is 0 Å². The fraction of sp³-hybridized carbons (Fsp3) is 0.667. The predicted molar refractivity (Wildman–Crippen MR) is 80.0 cm³/mol. The molecule has 132 valence electrons. The normalized spacial score (nSPS) is 31.8. The Bertz CT molecular complexity index is 581. The Morgan fingerprint density at radius 1 is 1.46 bits per heavy atom. The van der Waals surface area contributed by atoms with Gasteiger partial charge in [-0.25, -0.2) is 4.79 Å². The molecule has 0 unspecified atom stereocenters. The van der Waals surface area contributed by atoms with Crippen molar-refractivity contribution in [3.8, 4) is 0 Å². The van der Waals surface area contributed by atoms with E-state index in [2.05, 4.69) is 11.6 Å². The summed E-state index contributed by atoms with van der Waals surface area (Å²) in [4.78, 5) is 14.6. The predicted octanol–water partition coefficient (Wildman–Crippen LogP) is 1.62. The van der Waals surface area contributed by atoms with Gasteiger partial charge in [-0.1, -0.05) is 6.08 Å². The average Bonchev–Trinajstić information content (AvgIpc) is 2.98. The van der Waals surface area contributed by atoms with E-state index in [1.165, 1.54) is 6.08 Å². The van der Waals surface area contributed by atoms with Crippen LogP contribution < -0.4 is 0 Å². The number of nitrogens with zero attached hydrogens (tertiary/aromatic N) is 2. The van der Waals surface area contributed by atoms with Crippen LogP contribution in [-0.4, -0.2) is 54.7 Å². The number of aliphatic hydroxyl groups excluding tert-OH is 1. The van der Waals surface area contributed by atoms with Crippen molar-refractivity contribution in [2.45, 2.75) is 51.2 Å². The zero-order valence-electron chi connectivity index (χ0n) is 13.8. The highest BCUT2D eigenvalue weighted by atomic mass is 16.8. The van der Waals surface area contributed by atoms with E-state index >= 15 is 0 Å². The van der Waals surface area contributed by atoms with Gasteiger partial charge in [-0.05, 0) is 20.8 Å². The molecule has 0 spiro atoms. The lowest BCUT2D eigenvalue weighted by Gasteiger charge is -2.24. The van der Waals surface area contributed by atoms with Crippen LogP contribution in [-0.2, 0) is 28.5 Å². The minimum atomic E-state index is -1.12. The van der Waals surface area contributed by atoms with E-state index in [0.29, 0.717) is 0 Å². The Balaban J connectivity index is 2.29. The van der Waals surface area contributed by atoms with Crippen LogP contribution in [0, 0.1) is 5.39 Å². The summed E-state index contributed by atoms with van der Waals surface area (Å²) in [5.41, 5.74) is -0.659. The molecule has 0 amide bonds. The van der Waals surface area contributed by atoms with Crippen LogP contribution in [0.2, 0.25) is 0 Å². The number of hydrogen-bond acceptors (Lipinski definition) is 8. The molecule has 2 rings (SSSR count). The minimum Gasteiger partial charge on any atom is -0.503 e. The summed E-state index contributed by atoms with van der Waals surface area (Å²) >= 11 is 0. The lowest BCUT2D eigenvalue weighted by atomic mass is 10.1. The molecule has 0 saturated carbocycles. The second-order valence-electron chi connectivity index (χ2n) is 5.67. The molecule has 0 aromatic rings. The Kier molecular flexibility index (Phi) is 5.56. The van der Waals surface area contributed by atoms with Crippen LogP contribution in [0.5, 0.6) is 0 Å². The SMILES string of the molecule is C=CCO[C@@H]1[C@H]2OC(C)(C)O[C@H]2O[C@@H]1/C(O)=C(\[N+]#N)C(=O)OCC. The molecule has 0 aromatic heterocycles. The first-order chi connectivity index (χ1) is 11.3. The molecule has 24 heavy (non-hydrogen) atoms. The maximum Gasteiger partial charge on any atom is 0.508 e. The Labute approximate surface area is 139 Å². The second-order valence-corrected chi connectivity index (χ2v) is 5.67. The Morgan fingerprint density at radius 3 is 2.75 bits per heavy atom. The van der Waals surface area contributed by atoms with E-state index in [9.17, 15) is 9.90 Å². The molecule has 2 aliphatic rings. The zero-order valence-corrected chi connectivity index (χ0v) is 13.8. The van der Waals surface area contributed by atoms with Crippen molar-refractivity contribution in [3.63, 3.8) is 0 Å². The highest BCUT2D eigenvalue weighted by Crippen LogP contribution is 2.40. The van der Waals surface area contributed by atoms with Crippen LogP contribution in [0.15, 0.2) is 24.1 Å². The number of hydrogen-bond donors (Lipinski definition) is 1. The quantitative estimate of drug-likeness (QED) is 0.255. The van der Waals surface area contributed by atoms with Gasteiger partial charge < -0.3 is 28.8 Å². The van der Waals surface area contributed by atoms with Gasteiger partial charge in [-0.15, -0.1) is 6.58 Å². The first-order valence-corrected chi connectivity index (χ1v) is 7.53. The smallest absolute Gasteiger partial charge is 0.503 e. The summed E-state index contributed by atoms with van der Waals surface area (Å²) in [5.74, 6) is -2.48. The number of ether oxygens (including phenoxy) is 5. The first-order valence-electron chi connectivity index (χ1n) is 7.53. The molecule has 2 fully saturated rings. The number of carbonyl (C=O) groups excluding carboxylic acids is 1. The molecule has 9 nitrogen and oxygen atoms in total. The van der Waals surface area contributed by atoms with E-state index in [1.54, 1.807) is 20.8 Å². The van der Waals surface area contributed by atoms with Crippen molar-refractivity contribution in [1.82, 2.24) is 0 Å². The van der Waals surface area contributed by atoms with Gasteiger partial charge in [0.05, 0.1) is 13.2 Å². The lowest BCUT2D eigenvalue weighted by Crippen LogP contribution is -2.38. The highest BCUT2D eigenvalue weighted by Gasteiger charge is 2.58. The lowest BCUT2D eigenvalue weighted by molar-refractivity contribution is -0.216. The summed E-state index contributed by atoms with van der Waals surface area (Å²) in [6, 6.07) is 0. The molecule has 2 saturated heterocycles. The van der Waals surface area contributed by atoms with Crippen molar-refractivity contribution < 1.29 is 33.6 Å². The molecule has 0 radical (unpaired) electrons. The van der Waals surface area contributed by atoms with Crippen LogP contribution in [0.25, 0.3) is 4.98 Å². The second kappa shape index (κ2) is 7.27. The van der Waals surface area contributed by atoms with Crippen LogP contribution >= 0.6 is 0 Å². The van der Waals surface area contributed by atoms with Gasteiger partial charge in [0, 0.05) is 0 Å². The topological polar surface area (TPSA) is 112 Å². The molecule has 2 heterocycles. The number of esters is 1. The standard InChI is InChI=1S/C15H20N2O7/c1-5-7-21-11-10(9(18)8(17-16)13(19)20-6-2)22-14-12(11)23-15(3,4)24-14/h5,10-12,14H,1,6-7H2,2-4H3/p+1/t10-,11+,12-,14-/m1/s1. The van der Waals surface area contributed by atoms with Gasteiger partial charge >= 0.3 is 11.7 Å². The maximum atomic E-state index is 11.8. The maximum absolute atomic E-state index is 11.8. The van der Waals surface area contributed by atoms with Gasteiger partial charge in [-0.3, -0.25) is 0 Å². The van der Waals surface area contributed by atoms with E-state index in [1.807, 2.05) is 0 Å². The molecule has 2 aliphatic heterocycles. The van der Waals surface area contributed by atoms with E-state index in [0.717, 1.165) is 0 Å². The van der Waals surface area contributed by atoms with Gasteiger partial charge in [0.1, 0.15) is 12.2 Å². The average molecular weight is 341 g/mol. The summed E-state index contributed by atoms with van der Waals surface area (Å²) < 4.78 is 27.3. The molecule has 9 heteroatoms. The number of diazo groups is 1. The third-order valence-electron chi connectivity index (χ3n) is 3.48. The van der Waals surface area contributed by atoms with Gasteiger partial charge in [0.2, 0.25) is 11.2 Å². The number of fused-ring (bicyclic) bond motifs is 1.